The normalized spacial score (nSPS) is 11.4. The molecule has 0 radical (unpaired) electrons. The lowest BCUT2D eigenvalue weighted by atomic mass is 10.5. The van der Waals surface area contributed by atoms with Crippen molar-refractivity contribution in [1.82, 2.24) is 0 Å². The average molecular weight is 104 g/mol. The molecule has 0 saturated heterocycles. The van der Waals surface area contributed by atoms with Gasteiger partial charge in [0, 0.05) is 0 Å². The van der Waals surface area contributed by atoms with E-state index in [4.69, 9.17) is 0 Å². The van der Waals surface area contributed by atoms with Crippen molar-refractivity contribution in [2.24, 2.45) is 0 Å². The Balaban J connectivity index is 3.49. The van der Waals surface area contributed by atoms with Crippen molar-refractivity contribution in [3.63, 3.8) is 0 Å². The lowest BCUT2D eigenvalue weighted by molar-refractivity contribution is 0.548. The van der Waals surface area contributed by atoms with Crippen molar-refractivity contribution in [2.75, 3.05) is 6.67 Å². The first-order chi connectivity index (χ1) is 3.31. The third-order valence-electron chi connectivity index (χ3n) is 0.467. The van der Waals surface area contributed by atoms with Gasteiger partial charge in [0.15, 0.2) is 0 Å². The lowest BCUT2D eigenvalue weighted by Crippen LogP contribution is -1.64. The second kappa shape index (κ2) is 3.53. The highest BCUT2D eigenvalue weighted by Crippen LogP contribution is 1.94. The Morgan fingerprint density at radius 2 is 2.29 bits per heavy atom. The molecule has 0 aromatic rings. The number of hydrogen-bond acceptors (Lipinski definition) is 0. The fraction of sp³-hybridized carbons (Fsp3) is 0.200. The summed E-state index contributed by atoms with van der Waals surface area (Å²) in [6.07, 6.45) is 1.77. The molecule has 0 fully saturated rings. The Labute approximate surface area is 41.2 Å². The van der Waals surface area contributed by atoms with Gasteiger partial charge in [-0.15, -0.1) is 0 Å². The molecule has 0 atom stereocenters. The summed E-state index contributed by atoms with van der Waals surface area (Å²) < 4.78 is 22.7. The van der Waals surface area contributed by atoms with E-state index >= 15 is 0 Å². The Bertz CT molecular complexity index is 84.1. The third-order valence-corrected chi connectivity index (χ3v) is 0.467. The molecule has 2 heteroatoms. The van der Waals surface area contributed by atoms with E-state index in [1.165, 1.54) is 0 Å². The van der Waals surface area contributed by atoms with E-state index < -0.39 is 12.5 Å². The molecular weight excluding hydrogens is 98.1 g/mol. The smallest absolute Gasteiger partial charge is 0.121 e. The van der Waals surface area contributed by atoms with E-state index in [1.807, 2.05) is 0 Å². The monoisotopic (exact) mass is 104 g/mol. The molecule has 0 aromatic heterocycles. The highest BCUT2D eigenvalue weighted by molar-refractivity contribution is 5.06. The molecular formula is C5H6F2. The Morgan fingerprint density at radius 1 is 1.71 bits per heavy atom. The van der Waals surface area contributed by atoms with Crippen LogP contribution in [0.1, 0.15) is 0 Å². The van der Waals surface area contributed by atoms with E-state index in [2.05, 4.69) is 6.58 Å². The first-order valence-electron chi connectivity index (χ1n) is 1.85. The van der Waals surface area contributed by atoms with Gasteiger partial charge in [0.05, 0.1) is 0 Å². The first-order valence-corrected chi connectivity index (χ1v) is 1.85. The molecule has 0 rings (SSSR count). The molecule has 40 valence electrons. The zero-order valence-electron chi connectivity index (χ0n) is 3.82. The maximum Gasteiger partial charge on any atom is 0.121 e. The first kappa shape index (κ1) is 6.34. The molecule has 0 spiro atoms. The quantitative estimate of drug-likeness (QED) is 0.470. The fourth-order valence-electron chi connectivity index (χ4n) is 0.157. The number of halogens is 2. The summed E-state index contributed by atoms with van der Waals surface area (Å²) in [5, 5.41) is 0. The second-order valence-corrected chi connectivity index (χ2v) is 0.947. The largest absolute Gasteiger partial charge is 0.246 e. The molecule has 0 aliphatic rings. The zero-order chi connectivity index (χ0) is 5.70. The van der Waals surface area contributed by atoms with E-state index in [-0.39, 0.29) is 0 Å². The number of alkyl halides is 1. The zero-order valence-corrected chi connectivity index (χ0v) is 3.82. The van der Waals surface area contributed by atoms with Crippen LogP contribution in [0.4, 0.5) is 8.78 Å². The SMILES string of the molecule is C=C/C(F)=C\CF. The van der Waals surface area contributed by atoms with Crippen LogP contribution in [-0.2, 0) is 0 Å². The van der Waals surface area contributed by atoms with Gasteiger partial charge in [-0.2, -0.15) is 0 Å². The van der Waals surface area contributed by atoms with Crippen LogP contribution in [0.25, 0.3) is 0 Å². The van der Waals surface area contributed by atoms with Crippen LogP contribution in [0.15, 0.2) is 24.6 Å². The van der Waals surface area contributed by atoms with Crippen LogP contribution in [0.2, 0.25) is 0 Å². The van der Waals surface area contributed by atoms with Gasteiger partial charge in [-0.1, -0.05) is 6.58 Å². The van der Waals surface area contributed by atoms with Gasteiger partial charge in [0.2, 0.25) is 0 Å². The van der Waals surface area contributed by atoms with E-state index in [1.54, 1.807) is 0 Å². The predicted molar refractivity (Wildman–Crippen MR) is 25.4 cm³/mol. The molecule has 0 N–H and O–H groups in total. The standard InChI is InChI=1S/C5H6F2/c1-2-5(7)3-4-6/h2-3H,1,4H2/b5-3+. The van der Waals surface area contributed by atoms with Crippen molar-refractivity contribution in [1.29, 1.82) is 0 Å². The molecule has 0 saturated carbocycles. The summed E-state index contributed by atoms with van der Waals surface area (Å²) in [5.41, 5.74) is 0. The highest BCUT2D eigenvalue weighted by atomic mass is 19.1. The van der Waals surface area contributed by atoms with Crippen LogP contribution >= 0.6 is 0 Å². The van der Waals surface area contributed by atoms with Crippen LogP contribution < -0.4 is 0 Å². The molecule has 0 nitrogen and oxygen atoms in total. The summed E-state index contributed by atoms with van der Waals surface area (Å²) in [7, 11) is 0. The maximum absolute atomic E-state index is 11.6. The van der Waals surface area contributed by atoms with Gasteiger partial charge < -0.3 is 0 Å². The number of rotatable bonds is 2. The van der Waals surface area contributed by atoms with Crippen LogP contribution in [0.3, 0.4) is 0 Å². The maximum atomic E-state index is 11.6. The molecule has 0 heterocycles. The molecule has 7 heavy (non-hydrogen) atoms. The molecule has 0 amide bonds. The van der Waals surface area contributed by atoms with Gasteiger partial charge in [-0.25, -0.2) is 8.78 Å². The fourth-order valence-corrected chi connectivity index (χ4v) is 0.157. The molecule has 0 aromatic carbocycles. The molecule has 0 aliphatic carbocycles. The van der Waals surface area contributed by atoms with Gasteiger partial charge >= 0.3 is 0 Å². The summed E-state index contributed by atoms with van der Waals surface area (Å²) in [5.74, 6) is -0.609. The van der Waals surface area contributed by atoms with Gasteiger partial charge in [-0.3, -0.25) is 0 Å². The summed E-state index contributed by atoms with van der Waals surface area (Å²) in [4.78, 5) is 0. The lowest BCUT2D eigenvalue weighted by Gasteiger charge is -1.76. The number of allylic oxidation sites excluding steroid dienone is 3. The van der Waals surface area contributed by atoms with Crippen LogP contribution in [-0.4, -0.2) is 6.67 Å². The Morgan fingerprint density at radius 3 is 2.43 bits per heavy atom. The van der Waals surface area contributed by atoms with Crippen LogP contribution in [0.5, 0.6) is 0 Å². The number of hydrogen-bond donors (Lipinski definition) is 0. The van der Waals surface area contributed by atoms with Crippen LogP contribution in [0, 0.1) is 0 Å². The Hall–Kier alpha value is -0.660. The third kappa shape index (κ3) is 3.16. The minimum absolute atomic E-state index is 0.609. The highest BCUT2D eigenvalue weighted by Gasteiger charge is 1.79. The minimum atomic E-state index is -0.766. The van der Waals surface area contributed by atoms with E-state index in [0.717, 1.165) is 12.2 Å². The van der Waals surface area contributed by atoms with Gasteiger partial charge in [0.1, 0.15) is 12.5 Å². The summed E-state index contributed by atoms with van der Waals surface area (Å²) in [6, 6.07) is 0. The Kier molecular flexibility index (Phi) is 3.19. The second-order valence-electron chi connectivity index (χ2n) is 0.947. The molecule has 0 bridgehead atoms. The van der Waals surface area contributed by atoms with Crippen molar-refractivity contribution in [3.05, 3.63) is 24.6 Å². The van der Waals surface area contributed by atoms with Gasteiger partial charge in [-0.05, 0) is 12.2 Å². The van der Waals surface area contributed by atoms with Crippen molar-refractivity contribution in [2.45, 2.75) is 0 Å². The summed E-state index contributed by atoms with van der Waals surface area (Å²) in [6.45, 7) is 2.30. The topological polar surface area (TPSA) is 0 Å². The molecule has 0 unspecified atom stereocenters. The predicted octanol–water partition coefficient (Wildman–Crippen LogP) is 2.00. The van der Waals surface area contributed by atoms with Crippen molar-refractivity contribution >= 4 is 0 Å². The van der Waals surface area contributed by atoms with Gasteiger partial charge in [0.25, 0.3) is 0 Å². The summed E-state index contributed by atoms with van der Waals surface area (Å²) >= 11 is 0. The average Bonchev–Trinajstić information content (AvgIpc) is 1.68. The van der Waals surface area contributed by atoms with E-state index in [0.29, 0.717) is 0 Å². The van der Waals surface area contributed by atoms with E-state index in [9.17, 15) is 8.78 Å². The van der Waals surface area contributed by atoms with Crippen molar-refractivity contribution in [3.8, 4) is 0 Å². The van der Waals surface area contributed by atoms with Crippen molar-refractivity contribution < 1.29 is 8.78 Å². The minimum Gasteiger partial charge on any atom is -0.246 e. The molecule has 0 aliphatic heterocycles.